The van der Waals surface area contributed by atoms with E-state index in [0.29, 0.717) is 35.5 Å². The van der Waals surface area contributed by atoms with Crippen LogP contribution in [0.15, 0.2) is 24.3 Å². The van der Waals surface area contributed by atoms with Crippen molar-refractivity contribution >= 4 is 29.6 Å². The Morgan fingerprint density at radius 2 is 1.97 bits per heavy atom. The van der Waals surface area contributed by atoms with Crippen LogP contribution in [0.2, 0.25) is 0 Å². The largest absolute Gasteiger partial charge is 0.446 e. The lowest BCUT2D eigenvalue weighted by Gasteiger charge is -2.30. The molecule has 34 heavy (non-hydrogen) atoms. The number of nitrogens with zero attached hydrogens (tertiary/aromatic N) is 2. The number of aromatic nitrogens is 1. The fourth-order valence-electron chi connectivity index (χ4n) is 4.97. The zero-order valence-corrected chi connectivity index (χ0v) is 19.7. The average molecular weight is 466 g/mol. The third kappa shape index (κ3) is 4.34. The summed E-state index contributed by atoms with van der Waals surface area (Å²) in [6.45, 7) is 4.47. The number of ether oxygens (including phenoxy) is 2. The first kappa shape index (κ1) is 22.7. The number of carbonyl (C=O) groups excluding carboxylic acids is 1. The molecule has 1 aromatic carbocycles. The highest BCUT2D eigenvalue weighted by molar-refractivity contribution is 5.85. The van der Waals surface area contributed by atoms with E-state index >= 15 is 0 Å². The number of carbonyl (C=O) groups is 1. The standard InChI is InChI=1S/C26H31N3O5/c1-3-33-21-13-14-22-23(15-21)28(20-5-4-6-20)24(25(22)29(31)32)18-9-11-19(12-10-18)27-26(30)34-16(2)17-7-8-17/h9-12,14-17,20-21H,3-8,13H2,1-2H3,(H,27,30). The maximum absolute atomic E-state index is 12.2. The van der Waals surface area contributed by atoms with Crippen LogP contribution in [0.25, 0.3) is 23.4 Å². The van der Waals surface area contributed by atoms with Crippen molar-refractivity contribution in [3.05, 3.63) is 44.9 Å². The Morgan fingerprint density at radius 3 is 2.56 bits per heavy atom. The first-order valence-corrected chi connectivity index (χ1v) is 12.3. The Hall–Kier alpha value is -3.13. The third-order valence-corrected chi connectivity index (χ3v) is 7.14. The van der Waals surface area contributed by atoms with Gasteiger partial charge in [-0.15, -0.1) is 0 Å². The van der Waals surface area contributed by atoms with Crippen molar-refractivity contribution in [2.75, 3.05) is 11.9 Å². The molecule has 3 aliphatic rings. The van der Waals surface area contributed by atoms with E-state index in [2.05, 4.69) is 9.88 Å². The molecule has 0 spiro atoms. The van der Waals surface area contributed by atoms with Crippen molar-refractivity contribution in [1.29, 1.82) is 0 Å². The van der Waals surface area contributed by atoms with E-state index in [4.69, 9.17) is 9.47 Å². The molecule has 0 radical (unpaired) electrons. The third-order valence-electron chi connectivity index (χ3n) is 7.14. The van der Waals surface area contributed by atoms with E-state index in [0.717, 1.165) is 43.0 Å². The van der Waals surface area contributed by atoms with Gasteiger partial charge in [0.05, 0.1) is 21.6 Å². The fourth-order valence-corrected chi connectivity index (χ4v) is 4.97. The number of rotatable bonds is 8. The number of nitro groups is 1. The molecule has 2 saturated carbocycles. The molecule has 0 aliphatic heterocycles. The molecule has 2 aromatic rings. The van der Waals surface area contributed by atoms with E-state index in [1.165, 1.54) is 0 Å². The van der Waals surface area contributed by atoms with E-state index in [1.54, 1.807) is 12.1 Å². The number of benzene rings is 1. The van der Waals surface area contributed by atoms with E-state index < -0.39 is 6.09 Å². The molecule has 8 nitrogen and oxygen atoms in total. The van der Waals surface area contributed by atoms with Crippen LogP contribution in [-0.2, 0) is 9.47 Å². The summed E-state index contributed by atoms with van der Waals surface area (Å²) >= 11 is 0. The summed E-state index contributed by atoms with van der Waals surface area (Å²) in [6.07, 6.45) is 9.30. The average Bonchev–Trinajstić information content (AvgIpc) is 3.57. The normalized spacial score (nSPS) is 20.4. The van der Waals surface area contributed by atoms with Gasteiger partial charge in [0.1, 0.15) is 11.8 Å². The van der Waals surface area contributed by atoms with Gasteiger partial charge in [-0.05, 0) is 76.5 Å². The molecule has 0 bridgehead atoms. The molecular weight excluding hydrogens is 434 g/mol. The van der Waals surface area contributed by atoms with Crippen LogP contribution in [0, 0.1) is 16.0 Å². The minimum Gasteiger partial charge on any atom is -0.446 e. The number of nitrogens with one attached hydrogen (secondary N) is 1. The summed E-state index contributed by atoms with van der Waals surface area (Å²) in [5.41, 5.74) is 2.13. The smallest absolute Gasteiger partial charge is 0.411 e. The predicted octanol–water partition coefficient (Wildman–Crippen LogP) is 4.51. The van der Waals surface area contributed by atoms with Gasteiger partial charge in [0.2, 0.25) is 0 Å². The van der Waals surface area contributed by atoms with Gasteiger partial charge in [-0.25, -0.2) is 4.79 Å². The summed E-state index contributed by atoms with van der Waals surface area (Å²) in [6, 6.07) is 7.45. The number of fused-ring (bicyclic) bond motifs is 1. The Kier molecular flexibility index (Phi) is 6.16. The van der Waals surface area contributed by atoms with Gasteiger partial charge in [-0.1, -0.05) is 18.2 Å². The zero-order valence-electron chi connectivity index (χ0n) is 19.7. The van der Waals surface area contributed by atoms with Gasteiger partial charge in [-0.2, -0.15) is 0 Å². The van der Waals surface area contributed by atoms with Crippen LogP contribution in [0.4, 0.5) is 16.2 Å². The Labute approximate surface area is 198 Å². The summed E-state index contributed by atoms with van der Waals surface area (Å²) in [7, 11) is 0. The zero-order chi connectivity index (χ0) is 23.8. The molecule has 1 amide bonds. The summed E-state index contributed by atoms with van der Waals surface area (Å²) in [4.78, 5) is 24.2. The van der Waals surface area contributed by atoms with Crippen LogP contribution in [0.5, 0.6) is 0 Å². The van der Waals surface area contributed by atoms with Gasteiger partial charge < -0.3 is 14.0 Å². The molecule has 5 rings (SSSR count). The Bertz CT molecular complexity index is 1210. The minimum absolute atomic E-state index is 0.0747. The van der Waals surface area contributed by atoms with Gasteiger partial charge in [0.15, 0.2) is 0 Å². The van der Waals surface area contributed by atoms with E-state index in [1.807, 2.05) is 38.1 Å². The quantitative estimate of drug-likeness (QED) is 0.457. The van der Waals surface area contributed by atoms with Crippen molar-refractivity contribution < 1.29 is 19.2 Å². The SMILES string of the molecule is CCOC1C=c2c(c([N+](=O)[O-])c(-c3ccc(NC(=O)OC(C)C4CC4)cc3)n2C2CCC2)=CC1. The lowest BCUT2D eigenvalue weighted by Crippen LogP contribution is -2.38. The highest BCUT2D eigenvalue weighted by Crippen LogP contribution is 2.38. The fraction of sp³-hybridized carbons (Fsp3) is 0.500. The molecule has 3 aliphatic carbocycles. The molecule has 1 aromatic heterocycles. The van der Waals surface area contributed by atoms with E-state index in [-0.39, 0.29) is 28.9 Å². The minimum atomic E-state index is -0.474. The molecule has 1 N–H and O–H groups in total. The predicted molar refractivity (Wildman–Crippen MR) is 130 cm³/mol. The maximum Gasteiger partial charge on any atom is 0.411 e. The highest BCUT2D eigenvalue weighted by Gasteiger charge is 2.33. The summed E-state index contributed by atoms with van der Waals surface area (Å²) in [5, 5.41) is 16.6. The van der Waals surface area contributed by atoms with Gasteiger partial charge >= 0.3 is 11.8 Å². The van der Waals surface area contributed by atoms with Crippen LogP contribution in [-0.4, -0.2) is 34.4 Å². The number of hydrogen-bond acceptors (Lipinski definition) is 5. The molecule has 8 heteroatoms. The molecule has 180 valence electrons. The summed E-state index contributed by atoms with van der Waals surface area (Å²) < 4.78 is 13.4. The van der Waals surface area contributed by atoms with Crippen molar-refractivity contribution in [3.63, 3.8) is 0 Å². The maximum atomic E-state index is 12.2. The van der Waals surface area contributed by atoms with Gasteiger partial charge in [0.25, 0.3) is 0 Å². The van der Waals surface area contributed by atoms with Crippen LogP contribution < -0.4 is 15.9 Å². The molecule has 1 heterocycles. The van der Waals surface area contributed by atoms with Crippen molar-refractivity contribution in [2.24, 2.45) is 5.92 Å². The first-order chi connectivity index (χ1) is 16.5. The van der Waals surface area contributed by atoms with Crippen molar-refractivity contribution in [1.82, 2.24) is 4.57 Å². The van der Waals surface area contributed by atoms with E-state index in [9.17, 15) is 14.9 Å². The lowest BCUT2D eigenvalue weighted by atomic mass is 9.92. The number of hydrogen-bond donors (Lipinski definition) is 1. The van der Waals surface area contributed by atoms with Crippen LogP contribution in [0.1, 0.15) is 58.4 Å². The topological polar surface area (TPSA) is 95.6 Å². The second-order valence-electron chi connectivity index (χ2n) is 9.46. The monoisotopic (exact) mass is 465 g/mol. The highest BCUT2D eigenvalue weighted by atomic mass is 16.6. The lowest BCUT2D eigenvalue weighted by molar-refractivity contribution is -0.385. The number of anilines is 1. The molecule has 0 saturated heterocycles. The van der Waals surface area contributed by atoms with Crippen molar-refractivity contribution in [3.8, 4) is 11.3 Å². The second-order valence-corrected chi connectivity index (χ2v) is 9.46. The second kappa shape index (κ2) is 9.25. The Morgan fingerprint density at radius 1 is 1.24 bits per heavy atom. The molecule has 2 fully saturated rings. The first-order valence-electron chi connectivity index (χ1n) is 12.3. The molecular formula is C26H31N3O5. The molecule has 2 unspecified atom stereocenters. The number of amides is 1. The van der Waals surface area contributed by atoms with Crippen LogP contribution >= 0.6 is 0 Å². The van der Waals surface area contributed by atoms with Crippen molar-refractivity contribution in [2.45, 2.75) is 70.6 Å². The molecule has 2 atom stereocenters. The van der Waals surface area contributed by atoms with Crippen LogP contribution in [0.3, 0.4) is 0 Å². The Balaban J connectivity index is 1.50. The van der Waals surface area contributed by atoms with Gasteiger partial charge in [0, 0.05) is 23.9 Å². The van der Waals surface area contributed by atoms with Gasteiger partial charge in [-0.3, -0.25) is 15.4 Å². The summed E-state index contributed by atoms with van der Waals surface area (Å²) in [5.74, 6) is 0.468.